The number of amides is 1. The number of aliphatic hydroxyl groups excluding tert-OH is 3. The van der Waals surface area contributed by atoms with Crippen LogP contribution in [0, 0.1) is 5.92 Å². The second-order valence-electron chi connectivity index (χ2n) is 7.62. The Labute approximate surface area is 164 Å². The van der Waals surface area contributed by atoms with Crippen LogP contribution in [0.15, 0.2) is 0 Å². The normalized spacial score (nSPS) is 37.2. The molecule has 0 aromatic rings. The molecule has 8 atom stereocenters. The third kappa shape index (κ3) is 5.02. The number of likely N-dealkylation sites (tertiary alicyclic amines) is 1. The summed E-state index contributed by atoms with van der Waals surface area (Å²) in [4.78, 5) is 27.2. The molecule has 27 heavy (non-hydrogen) atoms. The van der Waals surface area contributed by atoms with Gasteiger partial charge in [0.2, 0.25) is 5.91 Å². The number of aliphatic hydroxyl groups is 3. The van der Waals surface area contributed by atoms with Gasteiger partial charge in [-0.25, -0.2) is 0 Å². The monoisotopic (exact) mass is 404 g/mol. The van der Waals surface area contributed by atoms with Gasteiger partial charge in [0, 0.05) is 6.54 Å². The molecule has 0 bridgehead atoms. The number of hydrogen-bond acceptors (Lipinski definition) is 8. The van der Waals surface area contributed by atoms with Gasteiger partial charge in [-0.15, -0.1) is 11.8 Å². The first kappa shape index (κ1) is 22.6. The summed E-state index contributed by atoms with van der Waals surface area (Å²) < 4.78 is 5.62. The highest BCUT2D eigenvalue weighted by Crippen LogP contribution is 2.28. The van der Waals surface area contributed by atoms with E-state index in [1.807, 2.05) is 11.9 Å². The van der Waals surface area contributed by atoms with Crippen LogP contribution in [0.2, 0.25) is 0 Å². The smallest absolute Gasteiger partial charge is 0.237 e. The van der Waals surface area contributed by atoms with Crippen molar-refractivity contribution in [2.45, 2.75) is 75.0 Å². The zero-order chi connectivity index (χ0) is 20.3. The summed E-state index contributed by atoms with van der Waals surface area (Å²) in [6.45, 7) is 4.42. The molecule has 2 aliphatic rings. The molecule has 0 unspecified atom stereocenters. The number of nitrogens with zero attached hydrogens (tertiary/aromatic N) is 1. The number of carbonyl (C=O) groups excluding carboxylic acids is 2. The van der Waals surface area contributed by atoms with Gasteiger partial charge < -0.3 is 25.4 Å². The Bertz CT molecular complexity index is 534. The number of nitrogens with one attached hydrogen (secondary N) is 1. The second-order valence-corrected chi connectivity index (χ2v) is 8.56. The molecule has 2 fully saturated rings. The second kappa shape index (κ2) is 9.67. The molecule has 0 aromatic carbocycles. The molecule has 0 aliphatic carbocycles. The zero-order valence-corrected chi connectivity index (χ0v) is 17.2. The van der Waals surface area contributed by atoms with Crippen molar-refractivity contribution in [2.24, 2.45) is 5.92 Å². The van der Waals surface area contributed by atoms with Crippen LogP contribution in [0.25, 0.3) is 0 Å². The van der Waals surface area contributed by atoms with Gasteiger partial charge in [0.1, 0.15) is 23.7 Å². The summed E-state index contributed by atoms with van der Waals surface area (Å²) in [5, 5.41) is 32.9. The van der Waals surface area contributed by atoms with Gasteiger partial charge in [0.05, 0.1) is 18.2 Å². The van der Waals surface area contributed by atoms with Crippen molar-refractivity contribution in [2.75, 3.05) is 19.8 Å². The van der Waals surface area contributed by atoms with E-state index in [0.29, 0.717) is 5.92 Å². The molecule has 2 saturated heterocycles. The maximum absolute atomic E-state index is 12.8. The summed E-state index contributed by atoms with van der Waals surface area (Å²) in [6, 6.07) is -1.33. The standard InChI is InChI=1S/C18H32N2O6S/c1-5-6-10-7-11(20(3)8-10)17(25)19-12(9(2)21)16-14(23)13(22)15(24)18(26-16)27-4/h9-13,15-16,18,21-22,24H,5-8H2,1-4H3,(H,19,25)/t9-,10-,11+,12-,13+,15-,16-,18-/m1/s1. The topological polar surface area (TPSA) is 119 Å². The Hall–Kier alpha value is -0.710. The molecule has 4 N–H and O–H groups in total. The number of hydrogen-bond donors (Lipinski definition) is 4. The Morgan fingerprint density at radius 1 is 1.44 bits per heavy atom. The highest BCUT2D eigenvalue weighted by molar-refractivity contribution is 7.99. The number of Topliss-reactive ketones (excluding diaryl/α,β-unsaturated/α-hetero) is 1. The Kier molecular flexibility index (Phi) is 8.08. The van der Waals surface area contributed by atoms with Gasteiger partial charge in [-0.05, 0) is 39.0 Å². The van der Waals surface area contributed by atoms with Crippen LogP contribution in [-0.2, 0) is 14.3 Å². The minimum Gasteiger partial charge on any atom is -0.391 e. The molecule has 0 aromatic heterocycles. The molecular formula is C18H32N2O6S. The van der Waals surface area contributed by atoms with Crippen LogP contribution in [0.5, 0.6) is 0 Å². The summed E-state index contributed by atoms with van der Waals surface area (Å²) in [7, 11) is 1.89. The van der Waals surface area contributed by atoms with Crippen molar-refractivity contribution in [3.05, 3.63) is 0 Å². The lowest BCUT2D eigenvalue weighted by Gasteiger charge is -2.39. The predicted molar refractivity (Wildman–Crippen MR) is 102 cm³/mol. The number of likely N-dealkylation sites (N-methyl/N-ethyl adjacent to an activating group) is 1. The fourth-order valence-corrected chi connectivity index (χ4v) is 4.63. The third-order valence-electron chi connectivity index (χ3n) is 5.48. The van der Waals surface area contributed by atoms with Crippen LogP contribution >= 0.6 is 11.8 Å². The van der Waals surface area contributed by atoms with Gasteiger partial charge in [-0.1, -0.05) is 13.3 Å². The lowest BCUT2D eigenvalue weighted by Crippen LogP contribution is -2.64. The van der Waals surface area contributed by atoms with E-state index in [1.54, 1.807) is 6.26 Å². The lowest BCUT2D eigenvalue weighted by atomic mass is 9.93. The van der Waals surface area contributed by atoms with E-state index in [2.05, 4.69) is 12.2 Å². The highest BCUT2D eigenvalue weighted by Gasteiger charge is 2.48. The van der Waals surface area contributed by atoms with Gasteiger partial charge in [0.25, 0.3) is 0 Å². The molecule has 0 spiro atoms. The maximum Gasteiger partial charge on any atom is 0.237 e. The van der Waals surface area contributed by atoms with E-state index in [-0.39, 0.29) is 11.9 Å². The van der Waals surface area contributed by atoms with Gasteiger partial charge in [-0.3, -0.25) is 14.5 Å². The van der Waals surface area contributed by atoms with E-state index in [4.69, 9.17) is 4.74 Å². The van der Waals surface area contributed by atoms with Crippen molar-refractivity contribution in [3.63, 3.8) is 0 Å². The SMILES string of the molecule is CCC[C@@H]1C[C@@H](C(=O)N[C@H]([C@@H](C)O)[C@H]2O[C@H](SC)[C@H](O)[C@@H](O)C2=O)N(C)C1. The minimum absolute atomic E-state index is 0.264. The first-order chi connectivity index (χ1) is 12.7. The summed E-state index contributed by atoms with van der Waals surface area (Å²) in [6.07, 6.45) is -0.704. The Morgan fingerprint density at radius 2 is 2.11 bits per heavy atom. The molecule has 0 saturated carbocycles. The van der Waals surface area contributed by atoms with Gasteiger partial charge in [0.15, 0.2) is 5.78 Å². The number of thioether (sulfide) groups is 1. The molecule has 2 rings (SSSR count). The van der Waals surface area contributed by atoms with Crippen molar-refractivity contribution >= 4 is 23.5 Å². The fraction of sp³-hybridized carbons (Fsp3) is 0.889. The summed E-state index contributed by atoms with van der Waals surface area (Å²) >= 11 is 1.16. The van der Waals surface area contributed by atoms with Crippen molar-refractivity contribution in [1.29, 1.82) is 0 Å². The molecule has 2 heterocycles. The zero-order valence-electron chi connectivity index (χ0n) is 16.4. The van der Waals surface area contributed by atoms with Crippen molar-refractivity contribution in [1.82, 2.24) is 10.2 Å². The van der Waals surface area contributed by atoms with Crippen molar-refractivity contribution in [3.8, 4) is 0 Å². The largest absolute Gasteiger partial charge is 0.391 e. The number of rotatable bonds is 7. The summed E-state index contributed by atoms with van der Waals surface area (Å²) in [5.74, 6) is -0.548. The van der Waals surface area contributed by atoms with E-state index < -0.39 is 41.7 Å². The van der Waals surface area contributed by atoms with Crippen LogP contribution in [0.1, 0.15) is 33.1 Å². The third-order valence-corrected chi connectivity index (χ3v) is 6.33. The molecular weight excluding hydrogens is 372 g/mol. The molecule has 0 radical (unpaired) electrons. The lowest BCUT2D eigenvalue weighted by molar-refractivity contribution is -0.175. The van der Waals surface area contributed by atoms with E-state index in [0.717, 1.165) is 37.6 Å². The van der Waals surface area contributed by atoms with Crippen LogP contribution < -0.4 is 5.32 Å². The first-order valence-corrected chi connectivity index (χ1v) is 10.8. The van der Waals surface area contributed by atoms with E-state index in [9.17, 15) is 24.9 Å². The molecule has 1 amide bonds. The average Bonchev–Trinajstić information content (AvgIpc) is 2.99. The van der Waals surface area contributed by atoms with Gasteiger partial charge >= 0.3 is 0 Å². The number of ketones is 1. The highest BCUT2D eigenvalue weighted by atomic mass is 32.2. The molecule has 9 heteroatoms. The number of ether oxygens (including phenoxy) is 1. The van der Waals surface area contributed by atoms with Gasteiger partial charge in [-0.2, -0.15) is 0 Å². The minimum atomic E-state index is -1.61. The van der Waals surface area contributed by atoms with Crippen LogP contribution in [-0.4, -0.2) is 93.7 Å². The molecule has 8 nitrogen and oxygen atoms in total. The quantitative estimate of drug-likeness (QED) is 0.442. The first-order valence-electron chi connectivity index (χ1n) is 9.48. The molecule has 156 valence electrons. The maximum atomic E-state index is 12.8. The fourth-order valence-electron chi connectivity index (χ4n) is 3.97. The Morgan fingerprint density at radius 3 is 2.67 bits per heavy atom. The summed E-state index contributed by atoms with van der Waals surface area (Å²) in [5.41, 5.74) is -0.816. The average molecular weight is 405 g/mol. The van der Waals surface area contributed by atoms with Crippen molar-refractivity contribution < 1.29 is 29.6 Å². The van der Waals surface area contributed by atoms with E-state index >= 15 is 0 Å². The van der Waals surface area contributed by atoms with E-state index in [1.165, 1.54) is 6.92 Å². The molecule has 2 aliphatic heterocycles. The van der Waals surface area contributed by atoms with Crippen LogP contribution in [0.4, 0.5) is 0 Å². The van der Waals surface area contributed by atoms with Crippen LogP contribution in [0.3, 0.4) is 0 Å². The predicted octanol–water partition coefficient (Wildman–Crippen LogP) is -0.649. The Balaban J connectivity index is 2.11. The number of carbonyl (C=O) groups is 2.